The molecular formula is C31H52N4O6. The molecule has 5 N–H and O–H groups in total. The second kappa shape index (κ2) is 18.2. The lowest BCUT2D eigenvalue weighted by atomic mass is 9.98. The van der Waals surface area contributed by atoms with Crippen molar-refractivity contribution >= 4 is 23.8 Å². The zero-order valence-electron chi connectivity index (χ0n) is 25.9. The lowest BCUT2D eigenvalue weighted by molar-refractivity contribution is -0.143. The molecule has 0 radical (unpaired) electrons. The number of hydrogen-bond donors (Lipinski definition) is 4. The zero-order chi connectivity index (χ0) is 31.0. The van der Waals surface area contributed by atoms with Crippen LogP contribution in [0.4, 0.5) is 4.79 Å². The van der Waals surface area contributed by atoms with Gasteiger partial charge in [0, 0.05) is 25.1 Å². The summed E-state index contributed by atoms with van der Waals surface area (Å²) < 4.78 is 5.38. The molecule has 41 heavy (non-hydrogen) atoms. The number of nitrogens with one attached hydrogen (secondary N) is 2. The Morgan fingerprint density at radius 3 is 2.24 bits per heavy atom. The van der Waals surface area contributed by atoms with E-state index in [9.17, 15) is 24.3 Å². The van der Waals surface area contributed by atoms with Gasteiger partial charge in [-0.2, -0.15) is 0 Å². The van der Waals surface area contributed by atoms with Crippen molar-refractivity contribution < 1.29 is 29.0 Å². The molecule has 10 nitrogen and oxygen atoms in total. The maximum Gasteiger partial charge on any atom is 0.408 e. The lowest BCUT2D eigenvalue weighted by Crippen LogP contribution is -2.53. The number of carbonyl (C=O) groups is 4. The Balaban J connectivity index is 3.53. The molecule has 0 bridgehead atoms. The molecule has 0 saturated heterocycles. The smallest absolute Gasteiger partial charge is 0.408 e. The second-order valence-corrected chi connectivity index (χ2v) is 11.6. The van der Waals surface area contributed by atoms with Gasteiger partial charge in [0.1, 0.15) is 23.4 Å². The molecule has 2 unspecified atom stereocenters. The molecule has 0 spiro atoms. The number of aryl methyl sites for hydroxylation is 1. The average molecular weight is 577 g/mol. The number of unbranched alkanes of at least 4 members (excludes halogenated alkanes) is 6. The van der Waals surface area contributed by atoms with Gasteiger partial charge in [-0.25, -0.2) is 4.79 Å². The van der Waals surface area contributed by atoms with E-state index in [1.165, 1.54) is 4.90 Å². The molecule has 0 saturated carbocycles. The molecule has 0 aliphatic heterocycles. The number of carbonyl (C=O) groups excluding carboxylic acids is 4. The van der Waals surface area contributed by atoms with E-state index in [0.717, 1.165) is 44.9 Å². The third-order valence-electron chi connectivity index (χ3n) is 6.66. The van der Waals surface area contributed by atoms with Crippen molar-refractivity contribution in [2.45, 2.75) is 123 Å². The second-order valence-electron chi connectivity index (χ2n) is 11.6. The van der Waals surface area contributed by atoms with Gasteiger partial charge in [0.2, 0.25) is 17.7 Å². The van der Waals surface area contributed by atoms with Crippen molar-refractivity contribution in [2.75, 3.05) is 13.1 Å². The van der Waals surface area contributed by atoms with Crippen molar-refractivity contribution in [3.8, 4) is 5.75 Å². The molecule has 1 rings (SSSR count). The molecule has 2 atom stereocenters. The fraction of sp³-hybridized carbons (Fsp3) is 0.677. The molecule has 0 heterocycles. The molecule has 1 aromatic carbocycles. The van der Waals surface area contributed by atoms with Crippen molar-refractivity contribution in [3.05, 3.63) is 29.3 Å². The average Bonchev–Trinajstić information content (AvgIpc) is 2.88. The van der Waals surface area contributed by atoms with Gasteiger partial charge in [-0.15, -0.1) is 0 Å². The van der Waals surface area contributed by atoms with Crippen molar-refractivity contribution in [1.82, 2.24) is 15.5 Å². The van der Waals surface area contributed by atoms with E-state index in [2.05, 4.69) is 24.5 Å². The Bertz CT molecular complexity index is 991. The largest absolute Gasteiger partial charge is 0.507 e. The molecule has 0 aliphatic rings. The highest BCUT2D eigenvalue weighted by atomic mass is 16.6. The van der Waals surface area contributed by atoms with Crippen LogP contribution < -0.4 is 16.4 Å². The summed E-state index contributed by atoms with van der Waals surface area (Å²) in [7, 11) is 0. The third-order valence-corrected chi connectivity index (χ3v) is 6.66. The number of ether oxygens (including phenoxy) is 1. The van der Waals surface area contributed by atoms with E-state index in [1.807, 2.05) is 0 Å². The maximum atomic E-state index is 14.2. The summed E-state index contributed by atoms with van der Waals surface area (Å²) in [5, 5.41) is 16.6. The number of nitrogens with two attached hydrogens (primary N) is 1. The Morgan fingerprint density at radius 1 is 1.00 bits per heavy atom. The zero-order valence-corrected chi connectivity index (χ0v) is 25.9. The van der Waals surface area contributed by atoms with E-state index < -0.39 is 41.5 Å². The van der Waals surface area contributed by atoms with Gasteiger partial charge >= 0.3 is 6.09 Å². The van der Waals surface area contributed by atoms with Crippen LogP contribution in [0.2, 0.25) is 0 Å². The first-order valence-corrected chi connectivity index (χ1v) is 15.0. The van der Waals surface area contributed by atoms with Crippen molar-refractivity contribution in [3.63, 3.8) is 0 Å². The fourth-order valence-electron chi connectivity index (χ4n) is 4.48. The number of para-hydroxylation sites is 1. The first kappa shape index (κ1) is 35.7. The summed E-state index contributed by atoms with van der Waals surface area (Å²) in [6, 6.07) is 2.78. The summed E-state index contributed by atoms with van der Waals surface area (Å²) in [5.74, 6) is -1.67. The Labute approximate surface area is 245 Å². The summed E-state index contributed by atoms with van der Waals surface area (Å²) in [6.07, 6.45) is 6.21. The van der Waals surface area contributed by atoms with Gasteiger partial charge in [-0.1, -0.05) is 70.6 Å². The number of nitrogens with zero attached hydrogens (tertiary/aromatic N) is 1. The monoisotopic (exact) mass is 576 g/mol. The van der Waals surface area contributed by atoms with Crippen LogP contribution in [0, 0.1) is 6.92 Å². The molecule has 10 heteroatoms. The van der Waals surface area contributed by atoms with Crippen LogP contribution in [0.3, 0.4) is 0 Å². The minimum atomic E-state index is -1.17. The van der Waals surface area contributed by atoms with Crippen LogP contribution in [0.25, 0.3) is 0 Å². The van der Waals surface area contributed by atoms with Crippen LogP contribution in [0.5, 0.6) is 5.75 Å². The first-order chi connectivity index (χ1) is 19.3. The number of amides is 4. The van der Waals surface area contributed by atoms with E-state index in [-0.39, 0.29) is 25.1 Å². The highest BCUT2D eigenvalue weighted by Gasteiger charge is 2.37. The molecule has 1 aromatic rings. The van der Waals surface area contributed by atoms with Gasteiger partial charge < -0.3 is 31.1 Å². The summed E-state index contributed by atoms with van der Waals surface area (Å²) in [4.78, 5) is 53.7. The van der Waals surface area contributed by atoms with Crippen LogP contribution in [-0.4, -0.2) is 58.6 Å². The number of alkyl carbamates (subject to hydrolysis) is 1. The molecule has 0 aliphatic carbocycles. The van der Waals surface area contributed by atoms with Gasteiger partial charge in [0.15, 0.2) is 0 Å². The van der Waals surface area contributed by atoms with E-state index in [1.54, 1.807) is 45.9 Å². The van der Waals surface area contributed by atoms with E-state index in [4.69, 9.17) is 10.5 Å². The predicted octanol–water partition coefficient (Wildman–Crippen LogP) is 5.01. The number of phenolic OH excluding ortho intramolecular Hbond substituents is 1. The van der Waals surface area contributed by atoms with Gasteiger partial charge in [-0.05, 0) is 52.5 Å². The summed E-state index contributed by atoms with van der Waals surface area (Å²) in [6.45, 7) is 11.7. The van der Waals surface area contributed by atoms with E-state index >= 15 is 0 Å². The topological polar surface area (TPSA) is 151 Å². The molecule has 232 valence electrons. The third kappa shape index (κ3) is 13.3. The normalized spacial score (nSPS) is 12.7. The van der Waals surface area contributed by atoms with Crippen LogP contribution in [0.15, 0.2) is 18.2 Å². The highest BCUT2D eigenvalue weighted by Crippen LogP contribution is 2.33. The van der Waals surface area contributed by atoms with E-state index in [0.29, 0.717) is 24.1 Å². The van der Waals surface area contributed by atoms with Crippen molar-refractivity contribution in [1.29, 1.82) is 0 Å². The number of phenols is 1. The number of primary amides is 1. The summed E-state index contributed by atoms with van der Waals surface area (Å²) >= 11 is 0. The number of aromatic hydroxyl groups is 1. The highest BCUT2D eigenvalue weighted by molar-refractivity contribution is 5.93. The molecule has 0 fully saturated rings. The SMILES string of the molecule is CCCCCCCN(C(=O)C(CCC(N)=O)NC(=O)OC(C)(C)C)C(C(=O)NCCCCC)c1cccc(C)c1O. The maximum absolute atomic E-state index is 14.2. The van der Waals surface area contributed by atoms with Gasteiger partial charge in [0.25, 0.3) is 0 Å². The molecule has 0 aromatic heterocycles. The van der Waals surface area contributed by atoms with Crippen LogP contribution >= 0.6 is 0 Å². The first-order valence-electron chi connectivity index (χ1n) is 15.0. The predicted molar refractivity (Wildman–Crippen MR) is 160 cm³/mol. The number of benzene rings is 1. The number of hydrogen-bond acceptors (Lipinski definition) is 6. The van der Waals surface area contributed by atoms with Crippen LogP contribution in [0.1, 0.15) is 116 Å². The Hall–Kier alpha value is -3.30. The minimum absolute atomic E-state index is 0.0651. The Kier molecular flexibility index (Phi) is 15.9. The summed E-state index contributed by atoms with van der Waals surface area (Å²) in [5.41, 5.74) is 5.44. The van der Waals surface area contributed by atoms with Crippen LogP contribution in [-0.2, 0) is 19.1 Å². The Morgan fingerprint density at radius 2 is 1.63 bits per heavy atom. The standard InChI is InChI=1S/C31H52N4O6/c1-7-9-11-12-14-21-35(29(39)24(18-19-25(32)36)34-30(40)41-31(4,5)6)26(28(38)33-20-13-10-8-2)23-17-15-16-22(3)27(23)37/h15-17,24,26,37H,7-14,18-21H2,1-6H3,(H2,32,36)(H,33,38)(H,34,40). The quantitative estimate of drug-likeness (QED) is 0.180. The fourth-order valence-corrected chi connectivity index (χ4v) is 4.48. The molecule has 4 amide bonds. The van der Waals surface area contributed by atoms with Gasteiger partial charge in [0.05, 0.1) is 0 Å². The minimum Gasteiger partial charge on any atom is -0.507 e. The number of rotatable bonds is 18. The molecular weight excluding hydrogens is 524 g/mol. The van der Waals surface area contributed by atoms with Gasteiger partial charge in [-0.3, -0.25) is 14.4 Å². The van der Waals surface area contributed by atoms with Crippen molar-refractivity contribution in [2.24, 2.45) is 5.73 Å². The lowest BCUT2D eigenvalue weighted by Gasteiger charge is -2.35.